The number of hydrogen-bond acceptors (Lipinski definition) is 6. The molecule has 26 heavy (non-hydrogen) atoms. The molecule has 0 spiro atoms. The monoisotopic (exact) mass is 382 g/mol. The molecule has 1 aliphatic rings. The van der Waals surface area contributed by atoms with Crippen molar-refractivity contribution in [3.63, 3.8) is 0 Å². The number of thiazole rings is 1. The molecule has 1 aliphatic heterocycles. The number of hydrogen-bond donors (Lipinski definition) is 3. The number of rotatable bonds is 6. The summed E-state index contributed by atoms with van der Waals surface area (Å²) in [5, 5.41) is 16.3. The van der Waals surface area contributed by atoms with Crippen LogP contribution in [0.1, 0.15) is 45.9 Å². The highest BCUT2D eigenvalue weighted by Crippen LogP contribution is 2.26. The van der Waals surface area contributed by atoms with E-state index in [-0.39, 0.29) is 36.2 Å². The molecule has 3 N–H and O–H groups in total. The molecule has 2 amide bonds. The molecule has 0 radical (unpaired) electrons. The Kier molecular flexibility index (Phi) is 6.76. The fourth-order valence-corrected chi connectivity index (χ4v) is 3.65. The SMILES string of the molecule is CC(C)N[C@H](C(=O)N1C[C@H](O)C[C@H]1C(=O)NCc1cncs1)C(C)(C)C. The number of aliphatic hydroxyl groups excluding tert-OH is 1. The van der Waals surface area contributed by atoms with Crippen LogP contribution in [0, 0.1) is 5.41 Å². The lowest BCUT2D eigenvalue weighted by Crippen LogP contribution is -2.57. The summed E-state index contributed by atoms with van der Waals surface area (Å²) >= 11 is 1.46. The maximum absolute atomic E-state index is 13.2. The molecule has 0 aromatic carbocycles. The summed E-state index contributed by atoms with van der Waals surface area (Å²) in [6.07, 6.45) is 1.29. The quantitative estimate of drug-likeness (QED) is 0.686. The van der Waals surface area contributed by atoms with Crippen molar-refractivity contribution in [2.24, 2.45) is 5.41 Å². The molecule has 8 heteroatoms. The van der Waals surface area contributed by atoms with E-state index in [2.05, 4.69) is 15.6 Å². The maximum atomic E-state index is 13.2. The number of aromatic nitrogens is 1. The topological polar surface area (TPSA) is 94.6 Å². The smallest absolute Gasteiger partial charge is 0.243 e. The number of carbonyl (C=O) groups is 2. The molecule has 0 aliphatic carbocycles. The molecule has 0 bridgehead atoms. The van der Waals surface area contributed by atoms with Gasteiger partial charge in [0.05, 0.1) is 24.2 Å². The van der Waals surface area contributed by atoms with E-state index in [1.165, 1.54) is 16.2 Å². The van der Waals surface area contributed by atoms with Gasteiger partial charge in [0.1, 0.15) is 6.04 Å². The highest BCUT2D eigenvalue weighted by Gasteiger charge is 2.43. The summed E-state index contributed by atoms with van der Waals surface area (Å²) in [6.45, 7) is 10.5. The Morgan fingerprint density at radius 3 is 2.65 bits per heavy atom. The largest absolute Gasteiger partial charge is 0.391 e. The number of carbonyl (C=O) groups excluding carboxylic acids is 2. The van der Waals surface area contributed by atoms with Gasteiger partial charge in [0.2, 0.25) is 11.8 Å². The Morgan fingerprint density at radius 1 is 1.42 bits per heavy atom. The van der Waals surface area contributed by atoms with Gasteiger partial charge in [0.15, 0.2) is 0 Å². The van der Waals surface area contributed by atoms with Gasteiger partial charge < -0.3 is 20.6 Å². The molecule has 2 heterocycles. The predicted octanol–water partition coefficient (Wildman–Crippen LogP) is 1.13. The summed E-state index contributed by atoms with van der Waals surface area (Å²) in [5.74, 6) is -0.374. The van der Waals surface area contributed by atoms with Crippen molar-refractivity contribution in [1.29, 1.82) is 0 Å². The number of nitrogens with zero attached hydrogens (tertiary/aromatic N) is 2. The van der Waals surface area contributed by atoms with Crippen LogP contribution in [0.25, 0.3) is 0 Å². The molecule has 1 aromatic heterocycles. The van der Waals surface area contributed by atoms with Crippen molar-refractivity contribution in [2.45, 2.75) is 71.8 Å². The molecule has 2 rings (SSSR count). The first-order chi connectivity index (χ1) is 12.1. The third-order valence-electron chi connectivity index (χ3n) is 4.40. The Hall–Kier alpha value is -1.51. The molecule has 3 atom stereocenters. The first-order valence-corrected chi connectivity index (χ1v) is 9.87. The van der Waals surface area contributed by atoms with E-state index in [9.17, 15) is 14.7 Å². The van der Waals surface area contributed by atoms with Crippen LogP contribution in [0.4, 0.5) is 0 Å². The van der Waals surface area contributed by atoms with Crippen LogP contribution < -0.4 is 10.6 Å². The van der Waals surface area contributed by atoms with Gasteiger partial charge in [-0.15, -0.1) is 11.3 Å². The molecule has 1 saturated heterocycles. The molecule has 1 fully saturated rings. The van der Waals surface area contributed by atoms with Gasteiger partial charge in [-0.1, -0.05) is 34.6 Å². The third-order valence-corrected chi connectivity index (χ3v) is 5.18. The maximum Gasteiger partial charge on any atom is 0.243 e. The molecule has 7 nitrogen and oxygen atoms in total. The second-order valence-corrected chi connectivity index (χ2v) is 9.17. The van der Waals surface area contributed by atoms with Crippen molar-refractivity contribution in [2.75, 3.05) is 6.54 Å². The van der Waals surface area contributed by atoms with Gasteiger partial charge in [0, 0.05) is 30.1 Å². The van der Waals surface area contributed by atoms with Crippen LogP contribution in [0.2, 0.25) is 0 Å². The van der Waals surface area contributed by atoms with Crippen LogP contribution >= 0.6 is 11.3 Å². The van der Waals surface area contributed by atoms with Gasteiger partial charge in [-0.05, 0) is 5.41 Å². The predicted molar refractivity (Wildman–Crippen MR) is 102 cm³/mol. The Morgan fingerprint density at radius 2 is 2.12 bits per heavy atom. The number of β-amino-alcohol motifs (C(OH)–C–C–N with tert-alkyl or cyclic N) is 1. The van der Waals surface area contributed by atoms with E-state index in [4.69, 9.17) is 0 Å². The minimum atomic E-state index is -0.683. The van der Waals surface area contributed by atoms with E-state index in [1.54, 1.807) is 11.7 Å². The van der Waals surface area contributed by atoms with E-state index in [0.717, 1.165) is 4.88 Å². The van der Waals surface area contributed by atoms with Crippen molar-refractivity contribution < 1.29 is 14.7 Å². The molecule has 0 saturated carbocycles. The first-order valence-electron chi connectivity index (χ1n) is 8.99. The fourth-order valence-electron chi connectivity index (χ4n) is 3.12. The minimum Gasteiger partial charge on any atom is -0.391 e. The third kappa shape index (κ3) is 5.25. The number of aliphatic hydroxyl groups is 1. The van der Waals surface area contributed by atoms with Crippen molar-refractivity contribution in [1.82, 2.24) is 20.5 Å². The molecular formula is C18H30N4O3S. The summed E-state index contributed by atoms with van der Waals surface area (Å²) in [5.41, 5.74) is 1.40. The standard InChI is InChI=1S/C18H30N4O3S/c1-11(2)21-15(18(3,4)5)17(25)22-9-12(23)6-14(22)16(24)20-8-13-7-19-10-26-13/h7,10-12,14-15,21,23H,6,8-9H2,1-5H3,(H,20,24)/t12-,14+,15-/m1/s1. The van der Waals surface area contributed by atoms with E-state index in [1.807, 2.05) is 34.6 Å². The number of amides is 2. The van der Waals surface area contributed by atoms with E-state index >= 15 is 0 Å². The normalized spacial score (nSPS) is 21.9. The van der Waals surface area contributed by atoms with Crippen LogP contribution in [-0.4, -0.2) is 57.6 Å². The zero-order valence-electron chi connectivity index (χ0n) is 16.2. The lowest BCUT2D eigenvalue weighted by Gasteiger charge is -2.36. The van der Waals surface area contributed by atoms with E-state index < -0.39 is 18.2 Å². The van der Waals surface area contributed by atoms with Gasteiger partial charge in [-0.2, -0.15) is 0 Å². The number of likely N-dealkylation sites (tertiary alicyclic amines) is 1. The summed E-state index contributed by atoms with van der Waals surface area (Å²) in [6, 6.07) is -0.942. The second kappa shape index (κ2) is 8.45. The van der Waals surface area contributed by atoms with Crippen LogP contribution in [0.5, 0.6) is 0 Å². The summed E-state index contributed by atoms with van der Waals surface area (Å²) in [7, 11) is 0. The van der Waals surface area contributed by atoms with Crippen LogP contribution in [0.15, 0.2) is 11.7 Å². The van der Waals surface area contributed by atoms with Crippen LogP contribution in [-0.2, 0) is 16.1 Å². The van der Waals surface area contributed by atoms with Gasteiger partial charge in [-0.25, -0.2) is 0 Å². The fraction of sp³-hybridized carbons (Fsp3) is 0.722. The molecule has 146 valence electrons. The highest BCUT2D eigenvalue weighted by molar-refractivity contribution is 7.09. The number of nitrogens with one attached hydrogen (secondary N) is 2. The van der Waals surface area contributed by atoms with Gasteiger partial charge in [-0.3, -0.25) is 14.6 Å². The lowest BCUT2D eigenvalue weighted by atomic mass is 9.85. The molecular weight excluding hydrogens is 352 g/mol. The first kappa shape index (κ1) is 20.8. The zero-order chi connectivity index (χ0) is 19.5. The molecule has 1 aromatic rings. The van der Waals surface area contributed by atoms with Crippen molar-refractivity contribution in [3.05, 3.63) is 16.6 Å². The van der Waals surface area contributed by atoms with Gasteiger partial charge >= 0.3 is 0 Å². The average Bonchev–Trinajstić information content (AvgIpc) is 3.17. The average molecular weight is 383 g/mol. The van der Waals surface area contributed by atoms with Gasteiger partial charge in [0.25, 0.3) is 0 Å². The van der Waals surface area contributed by atoms with Crippen molar-refractivity contribution in [3.8, 4) is 0 Å². The highest BCUT2D eigenvalue weighted by atomic mass is 32.1. The zero-order valence-corrected chi connectivity index (χ0v) is 17.0. The Bertz CT molecular complexity index is 612. The van der Waals surface area contributed by atoms with Crippen LogP contribution in [0.3, 0.4) is 0 Å². The molecule has 0 unspecified atom stereocenters. The second-order valence-electron chi connectivity index (χ2n) is 8.20. The lowest BCUT2D eigenvalue weighted by molar-refractivity contribution is -0.142. The van der Waals surface area contributed by atoms with E-state index in [0.29, 0.717) is 6.54 Å². The Labute approximate surface area is 159 Å². The minimum absolute atomic E-state index is 0.134. The Balaban J connectivity index is 2.11. The van der Waals surface area contributed by atoms with Crippen molar-refractivity contribution >= 4 is 23.2 Å². The summed E-state index contributed by atoms with van der Waals surface area (Å²) < 4.78 is 0. The summed E-state index contributed by atoms with van der Waals surface area (Å²) in [4.78, 5) is 32.3.